The largest absolute Gasteiger partial charge is 0.381 e. The first-order valence-corrected chi connectivity index (χ1v) is 9.61. The summed E-state index contributed by atoms with van der Waals surface area (Å²) in [6.45, 7) is 6.11. The van der Waals surface area contributed by atoms with Crippen molar-refractivity contribution in [2.24, 2.45) is 10.9 Å². The lowest BCUT2D eigenvalue weighted by Crippen LogP contribution is -2.38. The van der Waals surface area contributed by atoms with Crippen LogP contribution in [0.15, 0.2) is 29.4 Å². The van der Waals surface area contributed by atoms with Crippen LogP contribution in [0, 0.1) is 11.7 Å². The van der Waals surface area contributed by atoms with Gasteiger partial charge in [0.05, 0.1) is 0 Å². The number of halogens is 2. The van der Waals surface area contributed by atoms with Crippen LogP contribution in [0.2, 0.25) is 0 Å². The molecule has 3 N–H and O–H groups in total. The van der Waals surface area contributed by atoms with Gasteiger partial charge in [-0.2, -0.15) is 0 Å². The Morgan fingerprint density at radius 1 is 1.33 bits per heavy atom. The summed E-state index contributed by atoms with van der Waals surface area (Å²) < 4.78 is 18.9. The number of ether oxygens (including phenoxy) is 1. The number of hydrogen-bond donors (Lipinski definition) is 3. The molecule has 3 rings (SSSR count). The van der Waals surface area contributed by atoms with Crippen LogP contribution in [0.3, 0.4) is 0 Å². The highest BCUT2D eigenvalue weighted by molar-refractivity contribution is 14.0. The summed E-state index contributed by atoms with van der Waals surface area (Å²) in [4.78, 5) is 7.73. The Morgan fingerprint density at radius 2 is 2.19 bits per heavy atom. The van der Waals surface area contributed by atoms with Crippen molar-refractivity contribution < 1.29 is 9.13 Å². The minimum Gasteiger partial charge on any atom is -0.381 e. The van der Waals surface area contributed by atoms with Gasteiger partial charge in [-0.15, -0.1) is 24.0 Å². The SMILES string of the molecule is CCNC(=NCCCOCC1CC1)NCCc1c[nH]c2cc(F)ccc12.I. The summed E-state index contributed by atoms with van der Waals surface area (Å²) in [6, 6.07) is 4.87. The fourth-order valence-electron chi connectivity index (χ4n) is 2.91. The predicted octanol–water partition coefficient (Wildman–Crippen LogP) is 3.84. The third-order valence-corrected chi connectivity index (χ3v) is 4.53. The van der Waals surface area contributed by atoms with E-state index in [1.54, 1.807) is 0 Å². The molecule has 1 aromatic carbocycles. The van der Waals surface area contributed by atoms with Crippen LogP contribution in [0.4, 0.5) is 4.39 Å². The summed E-state index contributed by atoms with van der Waals surface area (Å²) in [5.74, 6) is 1.44. The van der Waals surface area contributed by atoms with Crippen molar-refractivity contribution in [3.8, 4) is 0 Å². The smallest absolute Gasteiger partial charge is 0.191 e. The van der Waals surface area contributed by atoms with E-state index in [4.69, 9.17) is 4.74 Å². The van der Waals surface area contributed by atoms with Crippen LogP contribution in [0.1, 0.15) is 31.7 Å². The van der Waals surface area contributed by atoms with Crippen molar-refractivity contribution >= 4 is 40.8 Å². The van der Waals surface area contributed by atoms with Gasteiger partial charge in [-0.1, -0.05) is 0 Å². The molecular formula is C20H30FIN4O. The molecule has 1 heterocycles. The van der Waals surface area contributed by atoms with Gasteiger partial charge in [-0.25, -0.2) is 4.39 Å². The molecule has 5 nitrogen and oxygen atoms in total. The first kappa shape index (κ1) is 21.9. The highest BCUT2D eigenvalue weighted by Crippen LogP contribution is 2.28. The third kappa shape index (κ3) is 7.29. The second-order valence-corrected chi connectivity index (χ2v) is 6.81. The first-order chi connectivity index (χ1) is 12.8. The topological polar surface area (TPSA) is 61.4 Å². The number of fused-ring (bicyclic) bond motifs is 1. The Morgan fingerprint density at radius 3 is 2.96 bits per heavy atom. The zero-order valence-electron chi connectivity index (χ0n) is 15.9. The molecule has 0 aliphatic heterocycles. The molecule has 0 amide bonds. The normalized spacial score (nSPS) is 14.2. The van der Waals surface area contributed by atoms with Crippen LogP contribution in [0.5, 0.6) is 0 Å². The number of nitrogens with one attached hydrogen (secondary N) is 3. The van der Waals surface area contributed by atoms with E-state index < -0.39 is 0 Å². The van der Waals surface area contributed by atoms with Crippen LogP contribution < -0.4 is 10.6 Å². The Kier molecular flexibility index (Phi) is 9.33. The fraction of sp³-hybridized carbons (Fsp3) is 0.550. The maximum Gasteiger partial charge on any atom is 0.191 e. The first-order valence-electron chi connectivity index (χ1n) is 9.61. The van der Waals surface area contributed by atoms with Crippen molar-refractivity contribution in [2.45, 2.75) is 32.6 Å². The molecule has 0 bridgehead atoms. The summed E-state index contributed by atoms with van der Waals surface area (Å²) in [5.41, 5.74) is 2.02. The van der Waals surface area contributed by atoms with E-state index >= 15 is 0 Å². The number of H-pyrrole nitrogens is 1. The van der Waals surface area contributed by atoms with Crippen molar-refractivity contribution in [3.05, 3.63) is 35.8 Å². The Labute approximate surface area is 177 Å². The summed E-state index contributed by atoms with van der Waals surface area (Å²) in [6.07, 6.45) is 6.40. The van der Waals surface area contributed by atoms with E-state index in [0.717, 1.165) is 68.5 Å². The number of benzene rings is 1. The molecule has 0 atom stereocenters. The highest BCUT2D eigenvalue weighted by atomic mass is 127. The fourth-order valence-corrected chi connectivity index (χ4v) is 2.91. The van der Waals surface area contributed by atoms with E-state index in [1.807, 2.05) is 12.3 Å². The zero-order valence-corrected chi connectivity index (χ0v) is 18.2. The molecule has 1 fully saturated rings. The maximum absolute atomic E-state index is 13.3. The van der Waals surface area contributed by atoms with Gasteiger partial charge >= 0.3 is 0 Å². The minimum atomic E-state index is -0.216. The lowest BCUT2D eigenvalue weighted by Gasteiger charge is -2.11. The molecule has 1 aliphatic carbocycles. The Bertz CT molecular complexity index is 730. The number of hydrogen-bond acceptors (Lipinski definition) is 2. The summed E-state index contributed by atoms with van der Waals surface area (Å²) in [7, 11) is 0. The van der Waals surface area contributed by atoms with Crippen molar-refractivity contribution in [1.29, 1.82) is 0 Å². The van der Waals surface area contributed by atoms with E-state index in [0.29, 0.717) is 0 Å². The van der Waals surface area contributed by atoms with E-state index in [1.165, 1.54) is 30.5 Å². The monoisotopic (exact) mass is 488 g/mol. The number of nitrogens with zero attached hydrogens (tertiary/aromatic N) is 1. The van der Waals surface area contributed by atoms with Crippen LogP contribution in [-0.4, -0.2) is 43.8 Å². The number of guanidine groups is 1. The van der Waals surface area contributed by atoms with Crippen LogP contribution in [0.25, 0.3) is 10.9 Å². The molecule has 1 aromatic heterocycles. The number of aromatic nitrogens is 1. The predicted molar refractivity (Wildman–Crippen MR) is 120 cm³/mol. The average molecular weight is 488 g/mol. The number of rotatable bonds is 10. The van der Waals surface area contributed by atoms with Crippen molar-refractivity contribution in [3.63, 3.8) is 0 Å². The van der Waals surface area contributed by atoms with Gasteiger partial charge in [0.25, 0.3) is 0 Å². The molecule has 27 heavy (non-hydrogen) atoms. The van der Waals surface area contributed by atoms with E-state index in [-0.39, 0.29) is 29.8 Å². The molecule has 1 saturated carbocycles. The van der Waals surface area contributed by atoms with Crippen LogP contribution in [-0.2, 0) is 11.2 Å². The Balaban J connectivity index is 0.00000261. The standard InChI is InChI=1S/C20H29FN4O.HI/c1-2-22-20(23-9-3-11-26-14-15-4-5-15)24-10-8-16-13-25-19-12-17(21)6-7-18(16)19;/h6-7,12-13,15,25H,2-5,8-11,14H2,1H3,(H2,22,23,24);1H. The van der Waals surface area contributed by atoms with Crippen LogP contribution >= 0.6 is 24.0 Å². The molecule has 2 aromatic rings. The van der Waals surface area contributed by atoms with Gasteiger partial charge in [-0.3, -0.25) is 4.99 Å². The third-order valence-electron chi connectivity index (χ3n) is 4.53. The molecular weight excluding hydrogens is 458 g/mol. The van der Waals surface area contributed by atoms with Gasteiger partial charge in [0, 0.05) is 49.9 Å². The van der Waals surface area contributed by atoms with Gasteiger partial charge < -0.3 is 20.4 Å². The quantitative estimate of drug-likeness (QED) is 0.206. The van der Waals surface area contributed by atoms with Gasteiger partial charge in [0.15, 0.2) is 5.96 Å². The number of aromatic amines is 1. The second kappa shape index (κ2) is 11.5. The minimum absolute atomic E-state index is 0. The van der Waals surface area contributed by atoms with Gasteiger partial charge in [0.1, 0.15) is 5.82 Å². The molecule has 0 spiro atoms. The molecule has 150 valence electrons. The molecule has 0 radical (unpaired) electrons. The second-order valence-electron chi connectivity index (χ2n) is 6.81. The van der Waals surface area contributed by atoms with Crippen molar-refractivity contribution in [2.75, 3.05) is 32.8 Å². The van der Waals surface area contributed by atoms with E-state index in [9.17, 15) is 4.39 Å². The molecule has 0 unspecified atom stereocenters. The molecule has 7 heteroatoms. The lowest BCUT2D eigenvalue weighted by molar-refractivity contribution is 0.123. The van der Waals surface area contributed by atoms with Gasteiger partial charge in [0.2, 0.25) is 0 Å². The average Bonchev–Trinajstić information content (AvgIpc) is 3.38. The molecule has 1 aliphatic rings. The Hall–Kier alpha value is -1.35. The summed E-state index contributed by atoms with van der Waals surface area (Å²) in [5, 5.41) is 7.70. The highest BCUT2D eigenvalue weighted by Gasteiger charge is 2.20. The van der Waals surface area contributed by atoms with E-state index in [2.05, 4.69) is 27.5 Å². The molecule has 0 saturated heterocycles. The van der Waals surface area contributed by atoms with Crippen molar-refractivity contribution in [1.82, 2.24) is 15.6 Å². The zero-order chi connectivity index (χ0) is 18.2. The maximum atomic E-state index is 13.3. The summed E-state index contributed by atoms with van der Waals surface area (Å²) >= 11 is 0. The van der Waals surface area contributed by atoms with Gasteiger partial charge in [-0.05, 0) is 62.3 Å². The lowest BCUT2D eigenvalue weighted by atomic mass is 10.1. The number of aliphatic imine (C=N–C) groups is 1.